The zero-order valence-electron chi connectivity index (χ0n) is 16.8. The maximum absolute atomic E-state index is 4.89. The second-order valence-corrected chi connectivity index (χ2v) is 7.80. The van der Waals surface area contributed by atoms with E-state index in [1.165, 1.54) is 10.9 Å². The molecule has 1 saturated heterocycles. The van der Waals surface area contributed by atoms with E-state index in [-0.39, 0.29) is 0 Å². The summed E-state index contributed by atoms with van der Waals surface area (Å²) in [5.41, 5.74) is 5.60. The lowest BCUT2D eigenvalue weighted by Crippen LogP contribution is -2.35. The van der Waals surface area contributed by atoms with Crippen LogP contribution in [0.5, 0.6) is 0 Å². The van der Waals surface area contributed by atoms with Crippen molar-refractivity contribution in [3.63, 3.8) is 0 Å². The molecule has 0 amide bonds. The number of fused-ring (bicyclic) bond motifs is 1. The van der Waals surface area contributed by atoms with Crippen molar-refractivity contribution >= 4 is 16.9 Å². The van der Waals surface area contributed by atoms with E-state index in [0.717, 1.165) is 54.5 Å². The normalized spacial score (nSPS) is 17.2. The molecule has 7 heteroatoms. The third-order valence-electron chi connectivity index (χ3n) is 5.95. The Kier molecular flexibility index (Phi) is 4.52. The molecule has 1 aliphatic heterocycles. The first-order valence-electron chi connectivity index (χ1n) is 10.0. The van der Waals surface area contributed by atoms with Crippen LogP contribution in [0.1, 0.15) is 17.7 Å². The Bertz CT molecular complexity index is 1130. The van der Waals surface area contributed by atoms with Gasteiger partial charge in [0.2, 0.25) is 5.95 Å². The van der Waals surface area contributed by atoms with Crippen LogP contribution in [0.4, 0.5) is 5.95 Å². The van der Waals surface area contributed by atoms with E-state index < -0.39 is 0 Å². The van der Waals surface area contributed by atoms with E-state index >= 15 is 0 Å². The fraction of sp³-hybridized carbons (Fsp3) is 0.318. The second kappa shape index (κ2) is 7.33. The maximum Gasteiger partial charge on any atom is 0.225 e. The Hall–Kier alpha value is -3.19. The molecule has 0 saturated carbocycles. The molecule has 1 aromatic carbocycles. The number of hydrogen-bond donors (Lipinski definition) is 2. The highest BCUT2D eigenvalue weighted by molar-refractivity contribution is 5.94. The molecular formula is C22H25N7. The fourth-order valence-corrected chi connectivity index (χ4v) is 4.16. The zero-order valence-corrected chi connectivity index (χ0v) is 16.8. The monoisotopic (exact) mass is 387 g/mol. The first-order valence-corrected chi connectivity index (χ1v) is 10.0. The van der Waals surface area contributed by atoms with E-state index in [2.05, 4.69) is 62.1 Å². The van der Waals surface area contributed by atoms with Gasteiger partial charge in [-0.15, -0.1) is 0 Å². The summed E-state index contributed by atoms with van der Waals surface area (Å²) in [6, 6.07) is 10.7. The van der Waals surface area contributed by atoms with Gasteiger partial charge >= 0.3 is 0 Å². The van der Waals surface area contributed by atoms with Crippen molar-refractivity contribution in [3.05, 3.63) is 60.2 Å². The summed E-state index contributed by atoms with van der Waals surface area (Å²) in [7, 11) is 2.10. The van der Waals surface area contributed by atoms with E-state index in [1.807, 2.05) is 30.7 Å². The van der Waals surface area contributed by atoms with Gasteiger partial charge in [-0.3, -0.25) is 10.00 Å². The molecule has 0 radical (unpaired) electrons. The Labute approximate surface area is 169 Å². The average Bonchev–Trinajstić information content (AvgIpc) is 3.48. The van der Waals surface area contributed by atoms with Crippen molar-refractivity contribution in [1.82, 2.24) is 30.0 Å². The van der Waals surface area contributed by atoms with Crippen LogP contribution < -0.4 is 4.90 Å². The van der Waals surface area contributed by atoms with Crippen LogP contribution >= 0.6 is 0 Å². The van der Waals surface area contributed by atoms with E-state index in [1.54, 1.807) is 0 Å². The largest absolute Gasteiger partial charge is 0.360 e. The number of rotatable bonds is 5. The topological polar surface area (TPSA) is 76.7 Å². The first kappa shape index (κ1) is 17.9. The van der Waals surface area contributed by atoms with Gasteiger partial charge in [0.05, 0.1) is 11.9 Å². The molecule has 4 heterocycles. The molecule has 29 heavy (non-hydrogen) atoms. The van der Waals surface area contributed by atoms with Crippen molar-refractivity contribution in [2.24, 2.45) is 0 Å². The number of nitrogens with zero attached hydrogens (tertiary/aromatic N) is 5. The summed E-state index contributed by atoms with van der Waals surface area (Å²) in [6.45, 7) is 5.08. The lowest BCUT2D eigenvalue weighted by molar-refractivity contribution is 0.325. The predicted octanol–water partition coefficient (Wildman–Crippen LogP) is 3.37. The molecular weight excluding hydrogens is 362 g/mol. The third-order valence-corrected chi connectivity index (χ3v) is 5.95. The van der Waals surface area contributed by atoms with Gasteiger partial charge in [-0.2, -0.15) is 5.10 Å². The third kappa shape index (κ3) is 3.38. The van der Waals surface area contributed by atoms with Gasteiger partial charge in [0.1, 0.15) is 0 Å². The summed E-state index contributed by atoms with van der Waals surface area (Å²) >= 11 is 0. The maximum atomic E-state index is 4.89. The van der Waals surface area contributed by atoms with E-state index in [4.69, 9.17) is 4.98 Å². The number of aromatic nitrogens is 5. The first-order chi connectivity index (χ1) is 14.2. The van der Waals surface area contributed by atoms with Crippen molar-refractivity contribution < 1.29 is 0 Å². The number of likely N-dealkylation sites (N-methyl/N-ethyl adjacent to an activating group) is 1. The standard InChI is InChI=1S/C22H25N7/c1-15-16(11-25-27-15)13-29-10-8-17(14-29)28(2)22-23-9-7-21(26-22)19-12-24-20-6-4-3-5-18(19)20/h3-7,9,11-12,17,24H,8,10,13-14H2,1-2H3,(H,25,27)/t17-/m1/s1. The molecule has 0 aliphatic carbocycles. The van der Waals surface area contributed by atoms with Gasteiger partial charge < -0.3 is 9.88 Å². The highest BCUT2D eigenvalue weighted by atomic mass is 15.3. The number of hydrogen-bond acceptors (Lipinski definition) is 5. The van der Waals surface area contributed by atoms with Crippen LogP contribution in [0.15, 0.2) is 48.9 Å². The quantitative estimate of drug-likeness (QED) is 0.549. The highest BCUT2D eigenvalue weighted by Crippen LogP contribution is 2.28. The summed E-state index contributed by atoms with van der Waals surface area (Å²) in [6.07, 6.45) is 6.92. The SMILES string of the molecule is Cc1[nH]ncc1CN1CC[C@@H](N(C)c2nccc(-c3c[nH]c4ccccc34)n2)C1. The minimum Gasteiger partial charge on any atom is -0.360 e. The van der Waals surface area contributed by atoms with E-state index in [0.29, 0.717) is 6.04 Å². The summed E-state index contributed by atoms with van der Waals surface area (Å²) in [5.74, 6) is 0.777. The van der Waals surface area contributed by atoms with Crippen molar-refractivity contribution in [2.45, 2.75) is 25.9 Å². The number of aromatic amines is 2. The molecule has 3 aromatic heterocycles. The van der Waals surface area contributed by atoms with Gasteiger partial charge in [0.25, 0.3) is 0 Å². The van der Waals surface area contributed by atoms with Crippen LogP contribution in [-0.4, -0.2) is 56.2 Å². The highest BCUT2D eigenvalue weighted by Gasteiger charge is 2.27. The minimum absolute atomic E-state index is 0.403. The Balaban J connectivity index is 1.34. The number of likely N-dealkylation sites (tertiary alicyclic amines) is 1. The number of nitrogens with one attached hydrogen (secondary N) is 2. The Morgan fingerprint density at radius 2 is 2.14 bits per heavy atom. The molecule has 0 spiro atoms. The van der Waals surface area contributed by atoms with Crippen LogP contribution in [0, 0.1) is 6.92 Å². The van der Waals surface area contributed by atoms with Gasteiger partial charge in [0.15, 0.2) is 0 Å². The molecule has 4 aromatic rings. The summed E-state index contributed by atoms with van der Waals surface area (Å²) < 4.78 is 0. The van der Waals surface area contributed by atoms with Crippen LogP contribution in [0.3, 0.4) is 0 Å². The molecule has 0 unspecified atom stereocenters. The molecule has 1 atom stereocenters. The van der Waals surface area contributed by atoms with Crippen molar-refractivity contribution in [2.75, 3.05) is 25.0 Å². The molecule has 5 rings (SSSR count). The molecule has 1 fully saturated rings. The zero-order chi connectivity index (χ0) is 19.8. The number of H-pyrrole nitrogens is 2. The molecule has 7 nitrogen and oxygen atoms in total. The van der Waals surface area contributed by atoms with E-state index in [9.17, 15) is 0 Å². The van der Waals surface area contributed by atoms with Crippen LogP contribution in [0.25, 0.3) is 22.2 Å². The predicted molar refractivity (Wildman–Crippen MR) is 115 cm³/mol. The van der Waals surface area contributed by atoms with Gasteiger partial charge in [0, 0.05) is 72.8 Å². The smallest absolute Gasteiger partial charge is 0.225 e. The van der Waals surface area contributed by atoms with Gasteiger partial charge in [-0.25, -0.2) is 9.97 Å². The minimum atomic E-state index is 0.403. The second-order valence-electron chi connectivity index (χ2n) is 7.80. The van der Waals surface area contributed by atoms with Gasteiger partial charge in [-0.1, -0.05) is 18.2 Å². The van der Waals surface area contributed by atoms with Crippen LogP contribution in [-0.2, 0) is 6.54 Å². The molecule has 1 aliphatic rings. The van der Waals surface area contributed by atoms with Crippen molar-refractivity contribution in [1.29, 1.82) is 0 Å². The lowest BCUT2D eigenvalue weighted by atomic mass is 10.1. The lowest BCUT2D eigenvalue weighted by Gasteiger charge is -2.25. The molecule has 0 bridgehead atoms. The number of aryl methyl sites for hydroxylation is 1. The van der Waals surface area contributed by atoms with Crippen molar-refractivity contribution in [3.8, 4) is 11.3 Å². The fourth-order valence-electron chi connectivity index (χ4n) is 4.16. The summed E-state index contributed by atoms with van der Waals surface area (Å²) in [4.78, 5) is 17.5. The number of para-hydroxylation sites is 1. The number of benzene rings is 1. The van der Waals surface area contributed by atoms with Gasteiger partial charge in [-0.05, 0) is 25.5 Å². The summed E-state index contributed by atoms with van der Waals surface area (Å²) in [5, 5.41) is 8.34. The Morgan fingerprint density at radius 1 is 1.24 bits per heavy atom. The molecule has 148 valence electrons. The van der Waals surface area contributed by atoms with Crippen LogP contribution in [0.2, 0.25) is 0 Å². The number of anilines is 1. The molecule has 2 N–H and O–H groups in total. The average molecular weight is 387 g/mol. The Morgan fingerprint density at radius 3 is 3.00 bits per heavy atom.